The zero-order valence-electron chi connectivity index (χ0n) is 10.3. The third kappa shape index (κ3) is 7.60. The van der Waals surface area contributed by atoms with Gasteiger partial charge in [0.05, 0.1) is 0 Å². The third-order valence-electron chi connectivity index (χ3n) is 2.76. The lowest BCUT2D eigenvalue weighted by atomic mass is 10.2. The van der Waals surface area contributed by atoms with Crippen LogP contribution in [0.5, 0.6) is 0 Å². The molecular formula is C11H22Cl2N2O2. The van der Waals surface area contributed by atoms with Crippen molar-refractivity contribution in [3.05, 3.63) is 12.2 Å². The molecular weight excluding hydrogens is 263 g/mol. The first-order valence-corrected chi connectivity index (χ1v) is 5.45. The minimum atomic E-state index is -0.865. The average Bonchev–Trinajstić information content (AvgIpc) is 2.18. The zero-order valence-corrected chi connectivity index (χ0v) is 12.0. The van der Waals surface area contributed by atoms with Crippen LogP contribution in [0.4, 0.5) is 0 Å². The highest BCUT2D eigenvalue weighted by atomic mass is 35.5. The van der Waals surface area contributed by atoms with E-state index in [9.17, 15) is 4.79 Å². The molecule has 17 heavy (non-hydrogen) atoms. The lowest BCUT2D eigenvalue weighted by molar-refractivity contribution is -0.131. The Kier molecular flexibility index (Phi) is 10.9. The van der Waals surface area contributed by atoms with E-state index in [0.29, 0.717) is 6.04 Å². The number of hydrogen-bond donors (Lipinski definition) is 1. The van der Waals surface area contributed by atoms with Crippen molar-refractivity contribution in [3.8, 4) is 0 Å². The van der Waals surface area contributed by atoms with Crippen LogP contribution < -0.4 is 0 Å². The van der Waals surface area contributed by atoms with Gasteiger partial charge in [0, 0.05) is 44.8 Å². The molecule has 102 valence electrons. The first-order valence-electron chi connectivity index (χ1n) is 5.45. The summed E-state index contributed by atoms with van der Waals surface area (Å²) in [5.41, 5.74) is 0. The molecule has 1 aliphatic rings. The van der Waals surface area contributed by atoms with Gasteiger partial charge in [0.2, 0.25) is 0 Å². The normalized spacial score (nSPS) is 17.8. The Morgan fingerprint density at radius 2 is 1.76 bits per heavy atom. The molecule has 1 aliphatic heterocycles. The molecule has 0 aromatic carbocycles. The monoisotopic (exact) mass is 284 g/mol. The maximum Gasteiger partial charge on any atom is 0.328 e. The van der Waals surface area contributed by atoms with E-state index in [-0.39, 0.29) is 24.8 Å². The number of carboxylic acids is 1. The number of rotatable bonds is 4. The van der Waals surface area contributed by atoms with Crippen LogP contribution in [0.1, 0.15) is 13.8 Å². The number of aliphatic carboxylic acids is 1. The Balaban J connectivity index is 0. The van der Waals surface area contributed by atoms with Gasteiger partial charge in [-0.25, -0.2) is 4.79 Å². The highest BCUT2D eigenvalue weighted by Crippen LogP contribution is 2.05. The number of nitrogens with zero attached hydrogens (tertiary/aromatic N) is 2. The highest BCUT2D eigenvalue weighted by Gasteiger charge is 2.17. The van der Waals surface area contributed by atoms with E-state index < -0.39 is 5.97 Å². The number of carboxylic acid groups (broad SMARTS) is 1. The van der Waals surface area contributed by atoms with Gasteiger partial charge in [-0.05, 0) is 13.8 Å². The maximum atomic E-state index is 10.3. The Bertz CT molecular complexity index is 240. The fourth-order valence-electron chi connectivity index (χ4n) is 1.76. The summed E-state index contributed by atoms with van der Waals surface area (Å²) < 4.78 is 0. The lowest BCUT2D eigenvalue weighted by Gasteiger charge is -2.36. The highest BCUT2D eigenvalue weighted by molar-refractivity contribution is 5.85. The first kappa shape index (κ1) is 19.1. The van der Waals surface area contributed by atoms with Crippen LogP contribution in [0.25, 0.3) is 0 Å². The molecule has 0 aliphatic carbocycles. The number of hydrogen-bond acceptors (Lipinski definition) is 3. The van der Waals surface area contributed by atoms with Crippen LogP contribution in [-0.2, 0) is 4.79 Å². The van der Waals surface area contributed by atoms with E-state index >= 15 is 0 Å². The predicted octanol–water partition coefficient (Wildman–Crippen LogP) is 1.50. The van der Waals surface area contributed by atoms with Crippen LogP contribution in [-0.4, -0.2) is 59.6 Å². The molecule has 0 aromatic rings. The van der Waals surface area contributed by atoms with E-state index in [4.69, 9.17) is 5.11 Å². The first-order chi connectivity index (χ1) is 7.09. The summed E-state index contributed by atoms with van der Waals surface area (Å²) in [6.07, 6.45) is 2.93. The molecule has 1 N–H and O–H groups in total. The molecule has 6 heteroatoms. The second-order valence-electron chi connectivity index (χ2n) is 4.17. The molecule has 1 fully saturated rings. The minimum absolute atomic E-state index is 0. The molecule has 1 saturated heterocycles. The Labute approximate surface area is 115 Å². The van der Waals surface area contributed by atoms with Crippen molar-refractivity contribution in [3.63, 3.8) is 0 Å². The summed E-state index contributed by atoms with van der Waals surface area (Å²) in [7, 11) is 0. The van der Waals surface area contributed by atoms with Gasteiger partial charge in [-0.1, -0.05) is 6.08 Å². The van der Waals surface area contributed by atoms with Gasteiger partial charge in [0.1, 0.15) is 0 Å². The number of carbonyl (C=O) groups is 1. The van der Waals surface area contributed by atoms with Crippen molar-refractivity contribution in [2.24, 2.45) is 0 Å². The van der Waals surface area contributed by atoms with Crippen LogP contribution in [0.2, 0.25) is 0 Å². The van der Waals surface area contributed by atoms with E-state index in [1.54, 1.807) is 6.08 Å². The summed E-state index contributed by atoms with van der Waals surface area (Å²) in [5, 5.41) is 8.44. The smallest absolute Gasteiger partial charge is 0.328 e. The van der Waals surface area contributed by atoms with E-state index in [1.807, 2.05) is 0 Å². The van der Waals surface area contributed by atoms with E-state index in [2.05, 4.69) is 23.6 Å². The van der Waals surface area contributed by atoms with Crippen molar-refractivity contribution in [2.45, 2.75) is 19.9 Å². The SMILES string of the molecule is CC(C)N1CCN(C/C=C/C(=O)O)CC1.Cl.Cl. The van der Waals surface area contributed by atoms with Crippen molar-refractivity contribution in [1.82, 2.24) is 9.80 Å². The third-order valence-corrected chi connectivity index (χ3v) is 2.76. The molecule has 0 spiro atoms. The molecule has 0 atom stereocenters. The van der Waals surface area contributed by atoms with Crippen LogP contribution in [0.15, 0.2) is 12.2 Å². The molecule has 0 unspecified atom stereocenters. The summed E-state index contributed by atoms with van der Waals surface area (Å²) in [5.74, 6) is -0.865. The molecule has 0 saturated carbocycles. The standard InChI is InChI=1S/C11H20N2O2.2ClH/c1-10(2)13-8-6-12(7-9-13)5-3-4-11(14)15;;/h3-4,10H,5-9H2,1-2H3,(H,14,15);2*1H/b4-3+;;. The Hall–Kier alpha value is -0.290. The van der Waals surface area contributed by atoms with Crippen LogP contribution in [0.3, 0.4) is 0 Å². The van der Waals surface area contributed by atoms with Crippen molar-refractivity contribution in [2.75, 3.05) is 32.7 Å². The molecule has 0 amide bonds. The van der Waals surface area contributed by atoms with Gasteiger partial charge < -0.3 is 5.11 Å². The van der Waals surface area contributed by atoms with Gasteiger partial charge in [0.25, 0.3) is 0 Å². The van der Waals surface area contributed by atoms with Gasteiger partial charge >= 0.3 is 5.97 Å². The fraction of sp³-hybridized carbons (Fsp3) is 0.727. The minimum Gasteiger partial charge on any atom is -0.478 e. The van der Waals surface area contributed by atoms with E-state index in [1.165, 1.54) is 6.08 Å². The van der Waals surface area contributed by atoms with Gasteiger partial charge in [-0.15, -0.1) is 24.8 Å². The van der Waals surface area contributed by atoms with Crippen LogP contribution in [0, 0.1) is 0 Å². The topological polar surface area (TPSA) is 43.8 Å². The number of piperazine rings is 1. The van der Waals surface area contributed by atoms with Gasteiger partial charge in [-0.3, -0.25) is 9.80 Å². The quantitative estimate of drug-likeness (QED) is 0.795. The van der Waals surface area contributed by atoms with Gasteiger partial charge in [0.15, 0.2) is 0 Å². The predicted molar refractivity (Wildman–Crippen MR) is 74.4 cm³/mol. The Morgan fingerprint density at radius 3 is 2.18 bits per heavy atom. The van der Waals surface area contributed by atoms with Crippen LogP contribution >= 0.6 is 24.8 Å². The maximum absolute atomic E-state index is 10.3. The Morgan fingerprint density at radius 1 is 1.24 bits per heavy atom. The molecule has 0 aromatic heterocycles. The summed E-state index contributed by atoms with van der Waals surface area (Å²) in [6, 6.07) is 0.613. The van der Waals surface area contributed by atoms with E-state index in [0.717, 1.165) is 32.7 Å². The van der Waals surface area contributed by atoms with Gasteiger partial charge in [-0.2, -0.15) is 0 Å². The largest absolute Gasteiger partial charge is 0.478 e. The lowest BCUT2D eigenvalue weighted by Crippen LogP contribution is -2.48. The summed E-state index contributed by atoms with van der Waals surface area (Å²) >= 11 is 0. The molecule has 1 rings (SSSR count). The summed E-state index contributed by atoms with van der Waals surface area (Å²) in [4.78, 5) is 15.0. The summed E-state index contributed by atoms with van der Waals surface area (Å²) in [6.45, 7) is 9.39. The van der Waals surface area contributed by atoms with Crippen molar-refractivity contribution < 1.29 is 9.90 Å². The zero-order chi connectivity index (χ0) is 11.3. The molecule has 1 heterocycles. The van der Waals surface area contributed by atoms with Crippen molar-refractivity contribution in [1.29, 1.82) is 0 Å². The van der Waals surface area contributed by atoms with Crippen molar-refractivity contribution >= 4 is 30.8 Å². The molecule has 4 nitrogen and oxygen atoms in total. The molecule has 0 radical (unpaired) electrons. The second-order valence-corrected chi connectivity index (χ2v) is 4.17. The second kappa shape index (κ2) is 9.71. The molecule has 0 bridgehead atoms. The fourth-order valence-corrected chi connectivity index (χ4v) is 1.76. The number of halogens is 2. The average molecular weight is 285 g/mol.